The number of rotatable bonds is 0. The molecule has 1 heterocycles. The van der Waals surface area contributed by atoms with Gasteiger partial charge in [0.05, 0.1) is 12.7 Å². The second kappa shape index (κ2) is 4.53. The summed E-state index contributed by atoms with van der Waals surface area (Å²) in [6.45, 7) is 3.28. The lowest BCUT2D eigenvalue weighted by Gasteiger charge is -2.48. The topological polar surface area (TPSA) is 9.23 Å². The van der Waals surface area contributed by atoms with Crippen LogP contribution in [0.25, 0.3) is 0 Å². The maximum atomic E-state index is 5.83. The molecule has 1 nitrogen and oxygen atoms in total. The summed E-state index contributed by atoms with van der Waals surface area (Å²) in [5, 5.41) is 0.682. The van der Waals surface area contributed by atoms with E-state index in [0.717, 1.165) is 30.3 Å². The first-order valence-electron chi connectivity index (χ1n) is 7.02. The van der Waals surface area contributed by atoms with Crippen molar-refractivity contribution in [2.75, 3.05) is 6.61 Å². The van der Waals surface area contributed by atoms with Crippen molar-refractivity contribution in [2.45, 2.75) is 56.8 Å². The predicted octanol–water partition coefficient (Wildman–Crippen LogP) is 3.54. The zero-order valence-corrected chi connectivity index (χ0v) is 11.2. The molecule has 0 aromatic rings. The van der Waals surface area contributed by atoms with Gasteiger partial charge in [0.1, 0.15) is 0 Å². The lowest BCUT2D eigenvalue weighted by molar-refractivity contribution is -0.0757. The Kier molecular flexibility index (Phi) is 3.23. The predicted molar refractivity (Wildman–Crippen MR) is 69.9 cm³/mol. The Bertz CT molecular complexity index is 229. The van der Waals surface area contributed by atoms with Crippen LogP contribution < -0.4 is 0 Å². The molecule has 0 bridgehead atoms. The second-order valence-electron chi connectivity index (χ2n) is 6.36. The Balaban J connectivity index is 1.66. The lowest BCUT2D eigenvalue weighted by atomic mass is 9.62. The first-order valence-corrected chi connectivity index (χ1v) is 7.53. The highest BCUT2D eigenvalue weighted by Crippen LogP contribution is 2.48. The summed E-state index contributed by atoms with van der Waals surface area (Å²) in [6, 6.07) is 0. The van der Waals surface area contributed by atoms with E-state index in [1.165, 1.54) is 38.5 Å². The van der Waals surface area contributed by atoms with Gasteiger partial charge in [0.25, 0.3) is 0 Å². The van der Waals surface area contributed by atoms with E-state index in [9.17, 15) is 0 Å². The third kappa shape index (κ3) is 2.15. The van der Waals surface area contributed by atoms with E-state index in [1.54, 1.807) is 0 Å². The largest absolute Gasteiger partial charge is 0.378 e. The molecule has 92 valence electrons. The zero-order chi connectivity index (χ0) is 11.1. The molecule has 0 radical (unpaired) electrons. The summed E-state index contributed by atoms with van der Waals surface area (Å²) in [7, 11) is 0. The van der Waals surface area contributed by atoms with Crippen molar-refractivity contribution < 1.29 is 4.74 Å². The van der Waals surface area contributed by atoms with Gasteiger partial charge in [0.2, 0.25) is 0 Å². The average Bonchev–Trinajstić information content (AvgIpc) is 2.26. The monoisotopic (exact) mass is 240 g/mol. The lowest BCUT2D eigenvalue weighted by Crippen LogP contribution is -2.42. The van der Waals surface area contributed by atoms with Crippen LogP contribution in [0.15, 0.2) is 0 Å². The molecular weight excluding hydrogens is 216 g/mol. The van der Waals surface area contributed by atoms with Gasteiger partial charge < -0.3 is 4.74 Å². The summed E-state index contributed by atoms with van der Waals surface area (Å²) in [5.74, 6) is 3.84. The van der Waals surface area contributed by atoms with Crippen LogP contribution in [0.5, 0.6) is 0 Å². The van der Waals surface area contributed by atoms with Crippen LogP contribution in [-0.4, -0.2) is 18.0 Å². The van der Waals surface area contributed by atoms with E-state index >= 15 is 0 Å². The van der Waals surface area contributed by atoms with Crippen LogP contribution in [0.1, 0.15) is 45.4 Å². The van der Waals surface area contributed by atoms with Crippen molar-refractivity contribution in [3.8, 4) is 0 Å². The van der Waals surface area contributed by atoms with Gasteiger partial charge in [-0.05, 0) is 69.1 Å². The quantitative estimate of drug-likeness (QED) is 0.637. The summed E-state index contributed by atoms with van der Waals surface area (Å²) < 4.78 is 5.83. The van der Waals surface area contributed by atoms with E-state index in [0.29, 0.717) is 11.4 Å². The average molecular weight is 240 g/mol. The molecule has 6 unspecified atom stereocenters. The smallest absolute Gasteiger partial charge is 0.0549 e. The number of hydrogen-bond donors (Lipinski definition) is 1. The van der Waals surface area contributed by atoms with Crippen LogP contribution in [0.3, 0.4) is 0 Å². The Morgan fingerprint density at radius 2 is 1.62 bits per heavy atom. The van der Waals surface area contributed by atoms with Gasteiger partial charge in [-0.1, -0.05) is 0 Å². The Morgan fingerprint density at radius 3 is 2.50 bits per heavy atom. The molecule has 6 atom stereocenters. The molecule has 1 aliphatic heterocycles. The third-order valence-corrected chi connectivity index (χ3v) is 5.69. The van der Waals surface area contributed by atoms with Crippen molar-refractivity contribution in [1.29, 1.82) is 0 Å². The van der Waals surface area contributed by atoms with Crippen molar-refractivity contribution in [2.24, 2.45) is 23.7 Å². The zero-order valence-electron chi connectivity index (χ0n) is 10.3. The van der Waals surface area contributed by atoms with Gasteiger partial charge >= 0.3 is 0 Å². The Hall–Kier alpha value is 0.310. The molecule has 0 aromatic heterocycles. The number of fused-ring (bicyclic) bond motifs is 2. The molecule has 3 fully saturated rings. The van der Waals surface area contributed by atoms with Gasteiger partial charge in [-0.3, -0.25) is 0 Å². The summed E-state index contributed by atoms with van der Waals surface area (Å²) >= 11 is 4.68. The van der Waals surface area contributed by atoms with Crippen LogP contribution >= 0.6 is 12.6 Å². The Labute approximate surface area is 105 Å². The van der Waals surface area contributed by atoms with E-state index in [-0.39, 0.29) is 0 Å². The number of thiol groups is 1. The fourth-order valence-corrected chi connectivity index (χ4v) is 4.76. The first kappa shape index (κ1) is 11.4. The van der Waals surface area contributed by atoms with Gasteiger partial charge in [-0.15, -0.1) is 0 Å². The molecule has 2 saturated carbocycles. The van der Waals surface area contributed by atoms with Gasteiger partial charge in [-0.2, -0.15) is 12.6 Å². The molecule has 3 aliphatic rings. The molecule has 2 aliphatic carbocycles. The fraction of sp³-hybridized carbons (Fsp3) is 1.00. The summed E-state index contributed by atoms with van der Waals surface area (Å²) in [6.07, 6.45) is 8.91. The SMILES string of the molecule is CC1CC2CC3CCC(S)CC3CC2CO1. The molecule has 0 N–H and O–H groups in total. The molecule has 0 spiro atoms. The first-order chi connectivity index (χ1) is 7.72. The highest BCUT2D eigenvalue weighted by Gasteiger charge is 2.41. The maximum Gasteiger partial charge on any atom is 0.0549 e. The maximum absolute atomic E-state index is 5.83. The van der Waals surface area contributed by atoms with E-state index in [1.807, 2.05) is 0 Å². The van der Waals surface area contributed by atoms with Crippen molar-refractivity contribution in [3.05, 3.63) is 0 Å². The number of ether oxygens (including phenoxy) is 1. The van der Waals surface area contributed by atoms with Gasteiger partial charge in [0, 0.05) is 5.25 Å². The van der Waals surface area contributed by atoms with Gasteiger partial charge in [-0.25, -0.2) is 0 Å². The van der Waals surface area contributed by atoms with Crippen molar-refractivity contribution >= 4 is 12.6 Å². The molecule has 3 rings (SSSR count). The molecule has 0 aromatic carbocycles. The minimum absolute atomic E-state index is 0.513. The van der Waals surface area contributed by atoms with Crippen LogP contribution in [0, 0.1) is 23.7 Å². The van der Waals surface area contributed by atoms with Crippen molar-refractivity contribution in [1.82, 2.24) is 0 Å². The molecule has 1 saturated heterocycles. The van der Waals surface area contributed by atoms with E-state index < -0.39 is 0 Å². The standard InChI is InChI=1S/C14H24OS/c1-9-4-11-5-10-2-3-14(16)7-12(10)6-13(11)8-15-9/h9-14,16H,2-8H2,1H3. The van der Waals surface area contributed by atoms with E-state index in [4.69, 9.17) is 4.74 Å². The van der Waals surface area contributed by atoms with Crippen LogP contribution in [-0.2, 0) is 4.74 Å². The fourth-order valence-electron chi connectivity index (χ4n) is 4.34. The Morgan fingerprint density at radius 1 is 0.875 bits per heavy atom. The highest BCUT2D eigenvalue weighted by atomic mass is 32.1. The van der Waals surface area contributed by atoms with Crippen molar-refractivity contribution in [3.63, 3.8) is 0 Å². The third-order valence-electron chi connectivity index (χ3n) is 5.22. The highest BCUT2D eigenvalue weighted by molar-refractivity contribution is 7.80. The minimum Gasteiger partial charge on any atom is -0.378 e. The molecule has 16 heavy (non-hydrogen) atoms. The normalized spacial score (nSPS) is 52.9. The van der Waals surface area contributed by atoms with E-state index in [2.05, 4.69) is 19.6 Å². The molecule has 2 heteroatoms. The minimum atomic E-state index is 0.513. The molecular formula is C14H24OS. The van der Waals surface area contributed by atoms with Gasteiger partial charge in [0.15, 0.2) is 0 Å². The molecule has 0 amide bonds. The van der Waals surface area contributed by atoms with Crippen LogP contribution in [0.4, 0.5) is 0 Å². The van der Waals surface area contributed by atoms with Crippen LogP contribution in [0.2, 0.25) is 0 Å². The number of hydrogen-bond acceptors (Lipinski definition) is 2. The second-order valence-corrected chi connectivity index (χ2v) is 7.09. The summed E-state index contributed by atoms with van der Waals surface area (Å²) in [5.41, 5.74) is 0. The summed E-state index contributed by atoms with van der Waals surface area (Å²) in [4.78, 5) is 0.